The highest BCUT2D eigenvalue weighted by molar-refractivity contribution is 5.82. The Morgan fingerprint density at radius 1 is 1.59 bits per heavy atom. The maximum absolute atomic E-state index is 11.7. The Bertz CT molecular complexity index is 296. The van der Waals surface area contributed by atoms with Gasteiger partial charge in [-0.2, -0.15) is 0 Å². The van der Waals surface area contributed by atoms with Gasteiger partial charge in [0.05, 0.1) is 0 Å². The minimum absolute atomic E-state index is 0.333. The maximum atomic E-state index is 11.7. The third-order valence-electron chi connectivity index (χ3n) is 3.21. The molecule has 0 saturated carbocycles. The Morgan fingerprint density at radius 3 is 2.71 bits per heavy atom. The van der Waals surface area contributed by atoms with Crippen LogP contribution < -0.4 is 5.32 Å². The molecule has 6 nitrogen and oxygen atoms in total. The molecule has 1 aliphatic heterocycles. The smallest absolute Gasteiger partial charge is 0.325 e. The van der Waals surface area contributed by atoms with E-state index < -0.39 is 12.0 Å². The van der Waals surface area contributed by atoms with Crippen LogP contribution in [0.3, 0.4) is 0 Å². The van der Waals surface area contributed by atoms with Crippen LogP contribution in [0, 0.1) is 0 Å². The second kappa shape index (κ2) is 5.86. The molecule has 2 amide bonds. The average Bonchev–Trinajstić information content (AvgIpc) is 2.64. The molecule has 0 aliphatic carbocycles. The molecule has 6 heteroatoms. The Kier molecular flexibility index (Phi) is 4.74. The van der Waals surface area contributed by atoms with Gasteiger partial charge in [-0.25, -0.2) is 4.79 Å². The number of nitrogens with one attached hydrogen (secondary N) is 1. The molecule has 0 spiro atoms. The van der Waals surface area contributed by atoms with Gasteiger partial charge < -0.3 is 20.2 Å². The number of carboxylic acids is 1. The van der Waals surface area contributed by atoms with Gasteiger partial charge in [0.2, 0.25) is 0 Å². The highest BCUT2D eigenvalue weighted by Crippen LogP contribution is 2.15. The van der Waals surface area contributed by atoms with Crippen molar-refractivity contribution < 1.29 is 14.7 Å². The van der Waals surface area contributed by atoms with Gasteiger partial charge >= 0.3 is 12.0 Å². The van der Waals surface area contributed by atoms with Crippen molar-refractivity contribution in [3.63, 3.8) is 0 Å². The number of hydrogen-bond acceptors (Lipinski definition) is 3. The molecule has 1 fully saturated rings. The van der Waals surface area contributed by atoms with E-state index in [4.69, 9.17) is 5.11 Å². The van der Waals surface area contributed by atoms with Crippen LogP contribution >= 0.6 is 0 Å². The van der Waals surface area contributed by atoms with Crippen molar-refractivity contribution in [1.82, 2.24) is 15.1 Å². The highest BCUT2D eigenvalue weighted by atomic mass is 16.4. The molecule has 0 aromatic heterocycles. The summed E-state index contributed by atoms with van der Waals surface area (Å²) in [6.45, 7) is 3.15. The number of likely N-dealkylation sites (N-methyl/N-ethyl adjacent to an activating group) is 2. The zero-order valence-corrected chi connectivity index (χ0v) is 10.6. The molecule has 1 heterocycles. The summed E-state index contributed by atoms with van der Waals surface area (Å²) in [5, 5.41) is 11.1. The molecular weight excluding hydrogens is 222 g/mol. The van der Waals surface area contributed by atoms with Crippen molar-refractivity contribution in [1.29, 1.82) is 0 Å². The number of rotatable bonds is 4. The first-order valence-corrected chi connectivity index (χ1v) is 5.86. The number of carbonyl (C=O) groups is 2. The van der Waals surface area contributed by atoms with Crippen LogP contribution in [0.5, 0.6) is 0 Å². The number of aliphatic carboxylic acids is 1. The predicted octanol–water partition coefficient (Wildman–Crippen LogP) is 0.195. The molecule has 0 aromatic rings. The molecule has 2 atom stereocenters. The van der Waals surface area contributed by atoms with Gasteiger partial charge in [0.25, 0.3) is 0 Å². The summed E-state index contributed by atoms with van der Waals surface area (Å²) in [5.41, 5.74) is 0. The fourth-order valence-electron chi connectivity index (χ4n) is 1.97. The Labute approximate surface area is 102 Å². The number of amides is 2. The molecule has 98 valence electrons. The van der Waals surface area contributed by atoms with Gasteiger partial charge in [-0.3, -0.25) is 4.79 Å². The quantitative estimate of drug-likeness (QED) is 0.739. The van der Waals surface area contributed by atoms with Crippen molar-refractivity contribution in [3.8, 4) is 0 Å². The molecule has 1 saturated heterocycles. The first kappa shape index (κ1) is 13.8. The first-order valence-electron chi connectivity index (χ1n) is 5.86. The number of hydrogen-bond donors (Lipinski definition) is 2. The lowest BCUT2D eigenvalue weighted by atomic mass is 10.2. The predicted molar refractivity (Wildman–Crippen MR) is 63.9 cm³/mol. The standard InChI is InChI=1S/C11H21N3O3/c1-8(10(15)16)12-11(17)14(3)7-9-5-4-6-13(9)2/h8-9H,4-7H2,1-3H3,(H,12,17)(H,15,16)/t8-,9?/m1/s1. The molecule has 0 bridgehead atoms. The van der Waals surface area contributed by atoms with E-state index >= 15 is 0 Å². The Hall–Kier alpha value is -1.30. The molecule has 0 aromatic carbocycles. The minimum atomic E-state index is -1.02. The lowest BCUT2D eigenvalue weighted by Crippen LogP contribution is -2.48. The number of urea groups is 1. The van der Waals surface area contributed by atoms with Gasteiger partial charge in [-0.15, -0.1) is 0 Å². The Balaban J connectivity index is 2.38. The van der Waals surface area contributed by atoms with Gasteiger partial charge in [-0.05, 0) is 33.4 Å². The average molecular weight is 243 g/mol. The lowest BCUT2D eigenvalue weighted by Gasteiger charge is -2.26. The van der Waals surface area contributed by atoms with Crippen molar-refractivity contribution >= 4 is 12.0 Å². The SMILES string of the molecule is C[C@@H](NC(=O)N(C)CC1CCCN1C)C(=O)O. The second-order valence-electron chi connectivity index (χ2n) is 4.67. The van der Waals surface area contributed by atoms with E-state index in [-0.39, 0.29) is 6.03 Å². The van der Waals surface area contributed by atoms with Crippen molar-refractivity contribution in [2.45, 2.75) is 31.8 Å². The number of likely N-dealkylation sites (tertiary alicyclic amines) is 1. The van der Waals surface area contributed by atoms with E-state index in [9.17, 15) is 9.59 Å². The van der Waals surface area contributed by atoms with Crippen molar-refractivity contribution in [2.75, 3.05) is 27.2 Å². The van der Waals surface area contributed by atoms with E-state index in [2.05, 4.69) is 10.2 Å². The summed E-state index contributed by atoms with van der Waals surface area (Å²) in [4.78, 5) is 26.1. The third kappa shape index (κ3) is 3.89. The lowest BCUT2D eigenvalue weighted by molar-refractivity contribution is -0.138. The fraction of sp³-hybridized carbons (Fsp3) is 0.818. The molecule has 1 unspecified atom stereocenters. The van der Waals surface area contributed by atoms with Crippen LogP contribution in [0.2, 0.25) is 0 Å². The monoisotopic (exact) mass is 243 g/mol. The van der Waals surface area contributed by atoms with Crippen LogP contribution in [0.4, 0.5) is 4.79 Å². The fourth-order valence-corrected chi connectivity index (χ4v) is 1.97. The summed E-state index contributed by atoms with van der Waals surface area (Å²) >= 11 is 0. The third-order valence-corrected chi connectivity index (χ3v) is 3.21. The van der Waals surface area contributed by atoms with Gasteiger partial charge in [0, 0.05) is 19.6 Å². The van der Waals surface area contributed by atoms with E-state index in [0.29, 0.717) is 12.6 Å². The topological polar surface area (TPSA) is 72.9 Å². The van der Waals surface area contributed by atoms with Crippen molar-refractivity contribution in [3.05, 3.63) is 0 Å². The zero-order valence-electron chi connectivity index (χ0n) is 10.6. The van der Waals surface area contributed by atoms with Crippen molar-refractivity contribution in [2.24, 2.45) is 0 Å². The second-order valence-corrected chi connectivity index (χ2v) is 4.67. The number of nitrogens with zero attached hydrogens (tertiary/aromatic N) is 2. The molecule has 1 aliphatic rings. The van der Waals surface area contributed by atoms with Crippen LogP contribution in [0.15, 0.2) is 0 Å². The largest absolute Gasteiger partial charge is 0.480 e. The van der Waals surface area contributed by atoms with Gasteiger partial charge in [0.1, 0.15) is 6.04 Å². The molecule has 17 heavy (non-hydrogen) atoms. The van der Waals surface area contributed by atoms with E-state index in [1.807, 2.05) is 7.05 Å². The normalized spacial score (nSPS) is 22.2. The van der Waals surface area contributed by atoms with Crippen LogP contribution in [-0.4, -0.2) is 66.2 Å². The molecular formula is C11H21N3O3. The molecule has 2 N–H and O–H groups in total. The summed E-state index contributed by atoms with van der Waals surface area (Å²) < 4.78 is 0. The van der Waals surface area contributed by atoms with Crippen LogP contribution in [-0.2, 0) is 4.79 Å². The summed E-state index contributed by atoms with van der Waals surface area (Å²) in [5.74, 6) is -1.02. The van der Waals surface area contributed by atoms with Gasteiger partial charge in [0.15, 0.2) is 0 Å². The number of carbonyl (C=O) groups excluding carboxylic acids is 1. The molecule has 0 radical (unpaired) electrons. The van der Waals surface area contributed by atoms with Crippen LogP contribution in [0.1, 0.15) is 19.8 Å². The van der Waals surface area contributed by atoms with E-state index in [0.717, 1.165) is 19.4 Å². The van der Waals surface area contributed by atoms with E-state index in [1.165, 1.54) is 6.92 Å². The van der Waals surface area contributed by atoms with Gasteiger partial charge in [-0.1, -0.05) is 0 Å². The Morgan fingerprint density at radius 2 is 2.24 bits per heavy atom. The summed E-state index contributed by atoms with van der Waals surface area (Å²) in [6, 6.07) is -0.808. The highest BCUT2D eigenvalue weighted by Gasteiger charge is 2.24. The van der Waals surface area contributed by atoms with E-state index in [1.54, 1.807) is 11.9 Å². The molecule has 1 rings (SSSR count). The summed E-state index contributed by atoms with van der Waals surface area (Å²) in [7, 11) is 3.74. The minimum Gasteiger partial charge on any atom is -0.480 e. The summed E-state index contributed by atoms with van der Waals surface area (Å²) in [6.07, 6.45) is 2.24. The maximum Gasteiger partial charge on any atom is 0.325 e. The first-order chi connectivity index (χ1) is 7.91. The van der Waals surface area contributed by atoms with Crippen LogP contribution in [0.25, 0.3) is 0 Å². The zero-order chi connectivity index (χ0) is 13.0. The number of carboxylic acid groups (broad SMARTS) is 1.